The van der Waals surface area contributed by atoms with Gasteiger partial charge >= 0.3 is 5.97 Å². The molecule has 2 aromatic rings. The Kier molecular flexibility index (Phi) is 4.52. The molecule has 0 saturated carbocycles. The van der Waals surface area contributed by atoms with Crippen molar-refractivity contribution in [1.82, 2.24) is 10.2 Å². The van der Waals surface area contributed by atoms with Crippen LogP contribution < -0.4 is 0 Å². The van der Waals surface area contributed by atoms with Crippen LogP contribution in [0.2, 0.25) is 0 Å². The number of carbonyl (C=O) groups excluding carboxylic acids is 1. The Labute approximate surface area is 122 Å². The molecule has 0 aliphatic rings. The molecular formula is C16H15N3O2. The summed E-state index contributed by atoms with van der Waals surface area (Å²) in [5.74, 6) is -0.629. The standard InChI is InChI=1S/C16H15N3O2/c1-3-21-16(20)13(9-17)8-14-10-18-19-15(14)12-6-4-11(2)5-7-12/h4-8,10H,3H2,1-2H3,(H,18,19)/b13-8+. The van der Waals surface area contributed by atoms with Crippen molar-refractivity contribution in [3.8, 4) is 17.3 Å². The smallest absolute Gasteiger partial charge is 0.348 e. The molecule has 5 heteroatoms. The number of rotatable bonds is 4. The number of nitrogens with zero attached hydrogens (tertiary/aromatic N) is 2. The second-order valence-electron chi connectivity index (χ2n) is 4.46. The van der Waals surface area contributed by atoms with Crippen molar-refractivity contribution >= 4 is 12.0 Å². The maximum Gasteiger partial charge on any atom is 0.348 e. The molecule has 106 valence electrons. The van der Waals surface area contributed by atoms with Crippen molar-refractivity contribution in [2.45, 2.75) is 13.8 Å². The minimum atomic E-state index is -0.629. The lowest BCUT2D eigenvalue weighted by Gasteiger charge is -2.02. The lowest BCUT2D eigenvalue weighted by atomic mass is 10.0. The molecule has 0 saturated heterocycles. The summed E-state index contributed by atoms with van der Waals surface area (Å²) >= 11 is 0. The monoisotopic (exact) mass is 281 g/mol. The number of nitrogens with one attached hydrogen (secondary N) is 1. The molecule has 5 nitrogen and oxygen atoms in total. The Hall–Kier alpha value is -2.87. The molecule has 0 bridgehead atoms. The first-order valence-corrected chi connectivity index (χ1v) is 6.55. The summed E-state index contributed by atoms with van der Waals surface area (Å²) in [4.78, 5) is 11.6. The van der Waals surface area contributed by atoms with Crippen LogP contribution in [0.1, 0.15) is 18.1 Å². The van der Waals surface area contributed by atoms with Gasteiger partial charge in [-0.05, 0) is 19.9 Å². The lowest BCUT2D eigenvalue weighted by Crippen LogP contribution is -2.06. The minimum absolute atomic E-state index is 0.0494. The molecule has 1 aromatic carbocycles. The van der Waals surface area contributed by atoms with Crippen molar-refractivity contribution in [3.63, 3.8) is 0 Å². The maximum atomic E-state index is 11.6. The van der Waals surface area contributed by atoms with E-state index in [1.54, 1.807) is 13.1 Å². The van der Waals surface area contributed by atoms with Gasteiger partial charge < -0.3 is 4.74 Å². The normalized spacial score (nSPS) is 11.0. The molecule has 0 amide bonds. The van der Waals surface area contributed by atoms with E-state index in [-0.39, 0.29) is 12.2 Å². The Morgan fingerprint density at radius 1 is 1.43 bits per heavy atom. The second-order valence-corrected chi connectivity index (χ2v) is 4.46. The summed E-state index contributed by atoms with van der Waals surface area (Å²) in [6.45, 7) is 3.93. The van der Waals surface area contributed by atoms with Crippen LogP contribution in [0, 0.1) is 18.3 Å². The number of aromatic amines is 1. The summed E-state index contributed by atoms with van der Waals surface area (Å²) in [5.41, 5.74) is 3.47. The number of aromatic nitrogens is 2. The predicted octanol–water partition coefficient (Wildman–Crippen LogP) is 2.86. The molecular weight excluding hydrogens is 266 g/mol. The average Bonchev–Trinajstić information content (AvgIpc) is 2.94. The van der Waals surface area contributed by atoms with Gasteiger partial charge in [0.15, 0.2) is 0 Å². The Balaban J connectivity index is 2.38. The highest BCUT2D eigenvalue weighted by Gasteiger charge is 2.13. The van der Waals surface area contributed by atoms with E-state index < -0.39 is 5.97 Å². The molecule has 1 heterocycles. The number of esters is 1. The summed E-state index contributed by atoms with van der Waals surface area (Å²) < 4.78 is 4.84. The highest BCUT2D eigenvalue weighted by atomic mass is 16.5. The summed E-state index contributed by atoms with van der Waals surface area (Å²) in [7, 11) is 0. The first kappa shape index (κ1) is 14.5. The van der Waals surface area contributed by atoms with Gasteiger partial charge in [0.1, 0.15) is 11.6 Å². The van der Waals surface area contributed by atoms with Gasteiger partial charge in [0, 0.05) is 11.1 Å². The molecule has 0 fully saturated rings. The van der Waals surface area contributed by atoms with Crippen molar-refractivity contribution < 1.29 is 9.53 Å². The number of carbonyl (C=O) groups is 1. The van der Waals surface area contributed by atoms with Crippen molar-refractivity contribution in [2.24, 2.45) is 0 Å². The quantitative estimate of drug-likeness (QED) is 0.531. The summed E-state index contributed by atoms with van der Waals surface area (Å²) in [6.07, 6.45) is 3.06. The van der Waals surface area contributed by atoms with Crippen LogP contribution >= 0.6 is 0 Å². The first-order valence-electron chi connectivity index (χ1n) is 6.55. The Morgan fingerprint density at radius 2 is 2.14 bits per heavy atom. The Morgan fingerprint density at radius 3 is 2.76 bits per heavy atom. The van der Waals surface area contributed by atoms with E-state index in [1.165, 1.54) is 6.08 Å². The van der Waals surface area contributed by atoms with Crippen LogP contribution in [0.4, 0.5) is 0 Å². The number of hydrogen-bond donors (Lipinski definition) is 1. The number of benzene rings is 1. The van der Waals surface area contributed by atoms with Crippen LogP contribution in [0.5, 0.6) is 0 Å². The fourth-order valence-corrected chi connectivity index (χ4v) is 1.86. The Bertz CT molecular complexity index is 706. The first-order chi connectivity index (χ1) is 10.2. The van der Waals surface area contributed by atoms with E-state index >= 15 is 0 Å². The number of hydrogen-bond acceptors (Lipinski definition) is 4. The van der Waals surface area contributed by atoms with Gasteiger partial charge in [0.25, 0.3) is 0 Å². The summed E-state index contributed by atoms with van der Waals surface area (Å²) in [5, 5.41) is 15.9. The van der Waals surface area contributed by atoms with E-state index in [4.69, 9.17) is 10.00 Å². The third kappa shape index (κ3) is 3.37. The van der Waals surface area contributed by atoms with E-state index in [1.807, 2.05) is 37.3 Å². The number of ether oxygens (including phenoxy) is 1. The molecule has 0 unspecified atom stereocenters. The van der Waals surface area contributed by atoms with Crippen molar-refractivity contribution in [3.05, 3.63) is 47.2 Å². The van der Waals surface area contributed by atoms with E-state index in [2.05, 4.69) is 10.2 Å². The largest absolute Gasteiger partial charge is 0.462 e. The molecule has 1 N–H and O–H groups in total. The molecule has 2 rings (SSSR count). The zero-order chi connectivity index (χ0) is 15.2. The molecule has 0 aliphatic carbocycles. The molecule has 21 heavy (non-hydrogen) atoms. The zero-order valence-corrected chi connectivity index (χ0v) is 11.9. The van der Waals surface area contributed by atoms with Crippen molar-refractivity contribution in [1.29, 1.82) is 5.26 Å². The van der Waals surface area contributed by atoms with E-state index in [0.717, 1.165) is 16.8 Å². The van der Waals surface area contributed by atoms with Crippen LogP contribution in [-0.4, -0.2) is 22.8 Å². The third-order valence-corrected chi connectivity index (χ3v) is 2.92. The SMILES string of the molecule is CCOC(=O)/C(C#N)=C/c1cn[nH]c1-c1ccc(C)cc1. The number of nitriles is 1. The molecule has 0 atom stereocenters. The third-order valence-electron chi connectivity index (χ3n) is 2.92. The van der Waals surface area contributed by atoms with Gasteiger partial charge in [-0.3, -0.25) is 5.10 Å². The minimum Gasteiger partial charge on any atom is -0.462 e. The van der Waals surface area contributed by atoms with Gasteiger partial charge in [-0.1, -0.05) is 29.8 Å². The fraction of sp³-hybridized carbons (Fsp3) is 0.188. The summed E-state index contributed by atoms with van der Waals surface area (Å²) in [6, 6.07) is 9.74. The maximum absolute atomic E-state index is 11.6. The van der Waals surface area contributed by atoms with Crippen LogP contribution in [0.3, 0.4) is 0 Å². The average molecular weight is 281 g/mol. The molecule has 0 aliphatic heterocycles. The highest BCUT2D eigenvalue weighted by Crippen LogP contribution is 2.23. The molecule has 1 aromatic heterocycles. The van der Waals surface area contributed by atoms with E-state index in [0.29, 0.717) is 5.56 Å². The van der Waals surface area contributed by atoms with Crippen LogP contribution in [0.25, 0.3) is 17.3 Å². The topological polar surface area (TPSA) is 78.8 Å². The van der Waals surface area contributed by atoms with Gasteiger partial charge in [0.2, 0.25) is 0 Å². The highest BCUT2D eigenvalue weighted by molar-refractivity contribution is 5.98. The van der Waals surface area contributed by atoms with Crippen LogP contribution in [0.15, 0.2) is 36.0 Å². The zero-order valence-electron chi connectivity index (χ0n) is 11.9. The number of H-pyrrole nitrogens is 1. The van der Waals surface area contributed by atoms with E-state index in [9.17, 15) is 4.79 Å². The van der Waals surface area contributed by atoms with Gasteiger partial charge in [-0.2, -0.15) is 10.4 Å². The van der Waals surface area contributed by atoms with Crippen molar-refractivity contribution in [2.75, 3.05) is 6.61 Å². The second kappa shape index (κ2) is 6.53. The molecule has 0 spiro atoms. The van der Waals surface area contributed by atoms with Gasteiger partial charge in [-0.15, -0.1) is 0 Å². The molecule has 0 radical (unpaired) electrons. The van der Waals surface area contributed by atoms with Gasteiger partial charge in [0.05, 0.1) is 18.5 Å². The van der Waals surface area contributed by atoms with Crippen LogP contribution in [-0.2, 0) is 9.53 Å². The fourth-order valence-electron chi connectivity index (χ4n) is 1.86. The lowest BCUT2D eigenvalue weighted by molar-refractivity contribution is -0.137. The number of aryl methyl sites for hydroxylation is 1. The van der Waals surface area contributed by atoms with Gasteiger partial charge in [-0.25, -0.2) is 4.79 Å². The predicted molar refractivity (Wildman–Crippen MR) is 79.0 cm³/mol.